The van der Waals surface area contributed by atoms with Crippen molar-refractivity contribution in [2.45, 2.75) is 0 Å². The lowest BCUT2D eigenvalue weighted by Crippen LogP contribution is -2.11. The molecule has 0 aliphatic carbocycles. The monoisotopic (exact) mass is 282 g/mol. The first-order valence-electron chi connectivity index (χ1n) is 6.65. The van der Waals surface area contributed by atoms with Crippen LogP contribution in [0.25, 0.3) is 22.0 Å². The molecular formula is C17H15FN2O. The summed E-state index contributed by atoms with van der Waals surface area (Å²) in [5.41, 5.74) is 1.62. The van der Waals surface area contributed by atoms with E-state index in [1.807, 2.05) is 37.2 Å². The number of benzene rings is 2. The van der Waals surface area contributed by atoms with Crippen LogP contribution in [0.4, 0.5) is 10.1 Å². The van der Waals surface area contributed by atoms with Crippen molar-refractivity contribution in [1.82, 2.24) is 4.98 Å². The maximum atomic E-state index is 13.8. The predicted octanol–water partition coefficient (Wildman–Crippen LogP) is 3.40. The fraction of sp³-hybridized carbons (Fsp3) is 0.118. The van der Waals surface area contributed by atoms with E-state index in [2.05, 4.69) is 4.98 Å². The average Bonchev–Trinajstić information content (AvgIpc) is 2.47. The smallest absolute Gasteiger partial charge is 0.256 e. The normalized spacial score (nSPS) is 10.8. The van der Waals surface area contributed by atoms with Crippen molar-refractivity contribution < 1.29 is 4.39 Å². The van der Waals surface area contributed by atoms with Gasteiger partial charge in [0.1, 0.15) is 5.82 Å². The molecule has 0 saturated carbocycles. The van der Waals surface area contributed by atoms with E-state index >= 15 is 0 Å². The molecule has 0 saturated heterocycles. The van der Waals surface area contributed by atoms with E-state index in [1.165, 1.54) is 6.07 Å². The summed E-state index contributed by atoms with van der Waals surface area (Å²) in [6.07, 6.45) is 0. The van der Waals surface area contributed by atoms with Crippen LogP contribution in [0.15, 0.2) is 53.3 Å². The highest BCUT2D eigenvalue weighted by Crippen LogP contribution is 2.24. The molecule has 1 heterocycles. The summed E-state index contributed by atoms with van der Waals surface area (Å²) in [5.74, 6) is -0.350. The molecule has 106 valence electrons. The molecule has 3 aromatic rings. The van der Waals surface area contributed by atoms with Crippen LogP contribution in [0.1, 0.15) is 0 Å². The Morgan fingerprint density at radius 1 is 1.05 bits per heavy atom. The second-order valence-electron chi connectivity index (χ2n) is 5.16. The summed E-state index contributed by atoms with van der Waals surface area (Å²) in [5, 5.41) is 1.39. The Kier molecular flexibility index (Phi) is 3.22. The number of aromatic nitrogens is 1. The molecule has 2 aromatic carbocycles. The third kappa shape index (κ3) is 2.40. The third-order valence-corrected chi connectivity index (χ3v) is 3.51. The van der Waals surface area contributed by atoms with Crippen molar-refractivity contribution in [2.24, 2.45) is 0 Å². The Hall–Kier alpha value is -2.62. The van der Waals surface area contributed by atoms with Gasteiger partial charge in [-0.2, -0.15) is 0 Å². The molecule has 3 rings (SSSR count). The van der Waals surface area contributed by atoms with Gasteiger partial charge >= 0.3 is 0 Å². The number of halogens is 1. The Morgan fingerprint density at radius 2 is 1.81 bits per heavy atom. The molecular weight excluding hydrogens is 267 g/mol. The number of fused-ring (bicyclic) bond motifs is 1. The van der Waals surface area contributed by atoms with Gasteiger partial charge in [0.25, 0.3) is 5.56 Å². The maximum Gasteiger partial charge on any atom is 0.256 e. The van der Waals surface area contributed by atoms with Crippen LogP contribution >= 0.6 is 0 Å². The molecule has 21 heavy (non-hydrogen) atoms. The lowest BCUT2D eigenvalue weighted by Gasteiger charge is -2.13. The molecule has 0 aliphatic heterocycles. The van der Waals surface area contributed by atoms with Crippen molar-refractivity contribution in [3.8, 4) is 11.3 Å². The topological polar surface area (TPSA) is 36.1 Å². The molecule has 1 N–H and O–H groups in total. The number of H-pyrrole nitrogens is 1. The molecule has 4 heteroatoms. The number of rotatable bonds is 2. The van der Waals surface area contributed by atoms with Crippen molar-refractivity contribution in [3.05, 3.63) is 64.7 Å². The zero-order chi connectivity index (χ0) is 15.0. The molecule has 0 fully saturated rings. The number of nitrogens with zero attached hydrogens (tertiary/aromatic N) is 1. The van der Waals surface area contributed by atoms with Gasteiger partial charge in [-0.15, -0.1) is 0 Å². The summed E-state index contributed by atoms with van der Waals surface area (Å²) in [6.45, 7) is 0. The molecule has 0 aliphatic rings. The van der Waals surface area contributed by atoms with Crippen molar-refractivity contribution in [2.75, 3.05) is 19.0 Å². The maximum absolute atomic E-state index is 13.8. The lowest BCUT2D eigenvalue weighted by molar-refractivity contribution is 0.630. The van der Waals surface area contributed by atoms with Gasteiger partial charge < -0.3 is 9.88 Å². The Morgan fingerprint density at radius 3 is 2.52 bits per heavy atom. The van der Waals surface area contributed by atoms with E-state index in [0.717, 1.165) is 11.1 Å². The zero-order valence-corrected chi connectivity index (χ0v) is 11.9. The van der Waals surface area contributed by atoms with Gasteiger partial charge in [-0.05, 0) is 35.7 Å². The molecule has 0 unspecified atom stereocenters. The van der Waals surface area contributed by atoms with Crippen LogP contribution < -0.4 is 10.5 Å². The SMILES string of the molecule is CN(C)c1ccc2cc(-c3ccccc3F)[nH]c(=O)c2c1. The van der Waals surface area contributed by atoms with E-state index < -0.39 is 0 Å². The van der Waals surface area contributed by atoms with Gasteiger partial charge in [0.15, 0.2) is 0 Å². The van der Waals surface area contributed by atoms with Crippen LogP contribution in [0.5, 0.6) is 0 Å². The fourth-order valence-corrected chi connectivity index (χ4v) is 2.35. The summed E-state index contributed by atoms with van der Waals surface area (Å²) < 4.78 is 13.8. The Bertz CT molecular complexity index is 868. The standard InChI is InChI=1S/C17H15FN2O/c1-20(2)12-8-7-11-9-16(19-17(21)14(11)10-12)13-5-3-4-6-15(13)18/h3-10H,1-2H3,(H,19,21). The summed E-state index contributed by atoms with van der Waals surface area (Å²) >= 11 is 0. The first-order chi connectivity index (χ1) is 10.1. The van der Waals surface area contributed by atoms with E-state index in [4.69, 9.17) is 0 Å². The minimum atomic E-state index is -0.350. The van der Waals surface area contributed by atoms with Gasteiger partial charge in [0, 0.05) is 30.7 Å². The number of hydrogen-bond acceptors (Lipinski definition) is 2. The van der Waals surface area contributed by atoms with Crippen LogP contribution in [0.3, 0.4) is 0 Å². The zero-order valence-electron chi connectivity index (χ0n) is 11.9. The quantitative estimate of drug-likeness (QED) is 0.782. The molecule has 0 bridgehead atoms. The highest BCUT2D eigenvalue weighted by Gasteiger charge is 2.08. The molecule has 0 amide bonds. The number of aromatic amines is 1. The second kappa shape index (κ2) is 5.05. The largest absolute Gasteiger partial charge is 0.378 e. The average molecular weight is 282 g/mol. The van der Waals surface area contributed by atoms with Gasteiger partial charge in [-0.3, -0.25) is 4.79 Å². The van der Waals surface area contributed by atoms with E-state index in [0.29, 0.717) is 16.6 Å². The van der Waals surface area contributed by atoms with Gasteiger partial charge in [0.2, 0.25) is 0 Å². The predicted molar refractivity (Wildman–Crippen MR) is 84.3 cm³/mol. The fourth-order valence-electron chi connectivity index (χ4n) is 2.35. The highest BCUT2D eigenvalue weighted by atomic mass is 19.1. The van der Waals surface area contributed by atoms with Crippen LogP contribution in [0, 0.1) is 5.82 Å². The third-order valence-electron chi connectivity index (χ3n) is 3.51. The van der Waals surface area contributed by atoms with E-state index in [1.54, 1.807) is 24.3 Å². The van der Waals surface area contributed by atoms with Crippen LogP contribution in [-0.4, -0.2) is 19.1 Å². The van der Waals surface area contributed by atoms with Crippen molar-refractivity contribution >= 4 is 16.5 Å². The highest BCUT2D eigenvalue weighted by molar-refractivity contribution is 5.87. The summed E-state index contributed by atoms with van der Waals surface area (Å²) in [7, 11) is 3.84. The summed E-state index contributed by atoms with van der Waals surface area (Å²) in [4.78, 5) is 17.0. The minimum Gasteiger partial charge on any atom is -0.378 e. The molecule has 1 aromatic heterocycles. The Balaban J connectivity index is 2.23. The molecule has 0 radical (unpaired) electrons. The number of hydrogen-bond donors (Lipinski definition) is 1. The van der Waals surface area contributed by atoms with Crippen LogP contribution in [0.2, 0.25) is 0 Å². The number of pyridine rings is 1. The number of nitrogens with one attached hydrogen (secondary N) is 1. The first kappa shape index (κ1) is 13.4. The number of anilines is 1. The van der Waals surface area contributed by atoms with Gasteiger partial charge in [0.05, 0.1) is 5.69 Å². The Labute approximate surface area is 121 Å². The summed E-state index contributed by atoms with van der Waals surface area (Å²) in [6, 6.07) is 13.9. The second-order valence-corrected chi connectivity index (χ2v) is 5.16. The first-order valence-corrected chi connectivity index (χ1v) is 6.65. The van der Waals surface area contributed by atoms with Gasteiger partial charge in [-0.25, -0.2) is 4.39 Å². The van der Waals surface area contributed by atoms with Gasteiger partial charge in [-0.1, -0.05) is 18.2 Å². The molecule has 0 atom stereocenters. The van der Waals surface area contributed by atoms with Crippen LogP contribution in [-0.2, 0) is 0 Å². The lowest BCUT2D eigenvalue weighted by atomic mass is 10.1. The minimum absolute atomic E-state index is 0.213. The molecule has 0 spiro atoms. The van der Waals surface area contributed by atoms with E-state index in [9.17, 15) is 9.18 Å². The van der Waals surface area contributed by atoms with Crippen molar-refractivity contribution in [3.63, 3.8) is 0 Å². The van der Waals surface area contributed by atoms with E-state index in [-0.39, 0.29) is 11.4 Å². The van der Waals surface area contributed by atoms with Crippen molar-refractivity contribution in [1.29, 1.82) is 0 Å². The molecule has 3 nitrogen and oxygen atoms in total.